The number of aromatic nitrogens is 2. The molecule has 2 amide bonds. The van der Waals surface area contributed by atoms with Crippen LogP contribution in [0.5, 0.6) is 0 Å². The van der Waals surface area contributed by atoms with Gasteiger partial charge in [-0.1, -0.05) is 23.7 Å². The van der Waals surface area contributed by atoms with E-state index < -0.39 is 0 Å². The highest BCUT2D eigenvalue weighted by Crippen LogP contribution is 2.29. The van der Waals surface area contributed by atoms with Crippen LogP contribution in [-0.4, -0.2) is 16.0 Å². The normalized spacial score (nSPS) is 12.3. The molecule has 0 fully saturated rings. The maximum Gasteiger partial charge on any atom is 0.324 e. The molecule has 2 aromatic carbocycles. The number of rotatable bonds is 2. The number of aryl methyl sites for hydroxylation is 3. The molecular weight excluding hydrogens is 456 g/mol. The molecule has 0 atom stereocenters. The molecule has 7 nitrogen and oxygen atoms in total. The fourth-order valence-electron chi connectivity index (χ4n) is 3.63. The number of nitrogens with zero attached hydrogens (tertiary/aromatic N) is 2. The third-order valence-electron chi connectivity index (χ3n) is 5.19. The van der Waals surface area contributed by atoms with Crippen LogP contribution < -0.4 is 21.3 Å². The highest BCUT2D eigenvalue weighted by Gasteiger charge is 2.13. The first kappa shape index (κ1) is 21.2. The first-order valence-corrected chi connectivity index (χ1v) is 11.7. The number of thiophene rings is 1. The molecule has 0 radical (unpaired) electrons. The van der Waals surface area contributed by atoms with Gasteiger partial charge in [0.2, 0.25) is 5.95 Å². The van der Waals surface area contributed by atoms with Gasteiger partial charge in [0.15, 0.2) is 5.82 Å². The van der Waals surface area contributed by atoms with Gasteiger partial charge >= 0.3 is 6.03 Å². The Bertz CT molecular complexity index is 1340. The molecule has 0 saturated heterocycles. The van der Waals surface area contributed by atoms with Crippen molar-refractivity contribution in [3.63, 3.8) is 0 Å². The Hall–Kier alpha value is -3.62. The number of carbonyl (C=O) groups is 1. The van der Waals surface area contributed by atoms with Gasteiger partial charge in [-0.2, -0.15) is 4.98 Å². The number of hydrogen-bond donors (Lipinski definition) is 4. The third-order valence-corrected chi connectivity index (χ3v) is 6.43. The Kier molecular flexibility index (Phi) is 5.85. The summed E-state index contributed by atoms with van der Waals surface area (Å²) in [5.41, 5.74) is 5.76. The average Bonchev–Trinajstić information content (AvgIpc) is 3.20. The van der Waals surface area contributed by atoms with E-state index in [1.807, 2.05) is 48.7 Å². The SMILES string of the molecule is Cc1csc(NC(=O)Nc2ccc3cc2CCc2cccc(c2)Nc2ncc(Cl)c(n2)N3)c1. The molecular formula is C24H21ClN6OS. The van der Waals surface area contributed by atoms with E-state index in [0.717, 1.165) is 51.6 Å². The molecule has 0 unspecified atom stereocenters. The molecule has 4 N–H and O–H groups in total. The minimum atomic E-state index is -0.272. The van der Waals surface area contributed by atoms with Gasteiger partial charge in [-0.25, -0.2) is 9.78 Å². The van der Waals surface area contributed by atoms with Gasteiger partial charge in [0, 0.05) is 17.1 Å². The summed E-state index contributed by atoms with van der Waals surface area (Å²) in [5.74, 6) is 0.958. The van der Waals surface area contributed by atoms with Gasteiger partial charge in [-0.3, -0.25) is 5.32 Å². The lowest BCUT2D eigenvalue weighted by molar-refractivity contribution is 0.262. The minimum Gasteiger partial charge on any atom is -0.339 e. The summed E-state index contributed by atoms with van der Waals surface area (Å²) in [7, 11) is 0. The van der Waals surface area contributed by atoms with Crippen molar-refractivity contribution >= 4 is 62.8 Å². The lowest BCUT2D eigenvalue weighted by Gasteiger charge is -2.15. The van der Waals surface area contributed by atoms with E-state index in [-0.39, 0.29) is 6.03 Å². The third kappa shape index (κ3) is 5.08. The van der Waals surface area contributed by atoms with E-state index in [1.165, 1.54) is 11.3 Å². The van der Waals surface area contributed by atoms with Crippen LogP contribution in [0.2, 0.25) is 5.02 Å². The molecule has 1 aliphatic heterocycles. The number of benzene rings is 2. The van der Waals surface area contributed by atoms with Crippen LogP contribution in [0, 0.1) is 6.92 Å². The van der Waals surface area contributed by atoms with Crippen LogP contribution in [0.15, 0.2) is 60.1 Å². The summed E-state index contributed by atoms with van der Waals surface area (Å²) < 4.78 is 0. The first-order valence-electron chi connectivity index (χ1n) is 10.4. The molecule has 0 spiro atoms. The molecule has 3 heterocycles. The van der Waals surface area contributed by atoms with E-state index in [9.17, 15) is 4.79 Å². The van der Waals surface area contributed by atoms with Crippen LogP contribution in [0.1, 0.15) is 16.7 Å². The van der Waals surface area contributed by atoms with Gasteiger partial charge in [-0.05, 0) is 78.2 Å². The zero-order chi connectivity index (χ0) is 22.8. The number of carbonyl (C=O) groups excluding carboxylic acids is 1. The number of anilines is 6. The smallest absolute Gasteiger partial charge is 0.324 e. The van der Waals surface area contributed by atoms with Crippen LogP contribution >= 0.6 is 22.9 Å². The molecule has 9 heteroatoms. The van der Waals surface area contributed by atoms with Gasteiger partial charge in [0.25, 0.3) is 0 Å². The molecule has 6 bridgehead atoms. The number of nitrogens with one attached hydrogen (secondary N) is 4. The number of urea groups is 1. The summed E-state index contributed by atoms with van der Waals surface area (Å²) in [6.07, 6.45) is 3.11. The summed E-state index contributed by atoms with van der Waals surface area (Å²) in [6, 6.07) is 15.6. The summed E-state index contributed by atoms with van der Waals surface area (Å²) in [4.78, 5) is 21.4. The fraction of sp³-hybridized carbons (Fsp3) is 0.125. The van der Waals surface area contributed by atoms with E-state index in [0.29, 0.717) is 16.8 Å². The van der Waals surface area contributed by atoms with E-state index in [2.05, 4.69) is 43.4 Å². The lowest BCUT2D eigenvalue weighted by atomic mass is 10.0. The number of amides is 2. The molecule has 4 aromatic rings. The van der Waals surface area contributed by atoms with E-state index >= 15 is 0 Å². The van der Waals surface area contributed by atoms with Crippen molar-refractivity contribution in [1.82, 2.24) is 9.97 Å². The summed E-state index contributed by atoms with van der Waals surface area (Å²) in [6.45, 7) is 2.00. The lowest BCUT2D eigenvalue weighted by Crippen LogP contribution is -2.19. The van der Waals surface area contributed by atoms with Crippen molar-refractivity contribution in [3.05, 3.63) is 81.8 Å². The molecule has 0 saturated carbocycles. The highest BCUT2D eigenvalue weighted by atomic mass is 35.5. The zero-order valence-electron chi connectivity index (χ0n) is 17.8. The van der Waals surface area contributed by atoms with Gasteiger partial charge in [0.05, 0.1) is 11.2 Å². The van der Waals surface area contributed by atoms with Crippen molar-refractivity contribution in [2.45, 2.75) is 19.8 Å². The van der Waals surface area contributed by atoms with Gasteiger partial charge in [-0.15, -0.1) is 11.3 Å². The van der Waals surface area contributed by atoms with Crippen LogP contribution in [0.25, 0.3) is 0 Å². The van der Waals surface area contributed by atoms with Gasteiger partial charge in [0.1, 0.15) is 5.02 Å². The number of halogens is 1. The monoisotopic (exact) mass is 476 g/mol. The Morgan fingerprint density at radius 3 is 2.79 bits per heavy atom. The molecule has 1 aliphatic rings. The Morgan fingerprint density at radius 1 is 1.06 bits per heavy atom. The molecule has 2 aromatic heterocycles. The zero-order valence-corrected chi connectivity index (χ0v) is 19.3. The number of fused-ring (bicyclic) bond motifs is 6. The fourth-order valence-corrected chi connectivity index (χ4v) is 4.55. The molecule has 5 rings (SSSR count). The molecule has 166 valence electrons. The second-order valence-electron chi connectivity index (χ2n) is 7.78. The van der Waals surface area contributed by atoms with Crippen molar-refractivity contribution in [2.75, 3.05) is 21.3 Å². The van der Waals surface area contributed by atoms with Crippen molar-refractivity contribution < 1.29 is 4.79 Å². The summed E-state index contributed by atoms with van der Waals surface area (Å²) >= 11 is 7.83. The minimum absolute atomic E-state index is 0.272. The molecule has 33 heavy (non-hydrogen) atoms. The van der Waals surface area contributed by atoms with Crippen molar-refractivity contribution in [3.8, 4) is 0 Å². The first-order chi connectivity index (χ1) is 16.0. The Balaban J connectivity index is 1.47. The average molecular weight is 477 g/mol. The molecule has 0 aliphatic carbocycles. The predicted molar refractivity (Wildman–Crippen MR) is 136 cm³/mol. The van der Waals surface area contributed by atoms with Crippen LogP contribution in [-0.2, 0) is 12.8 Å². The summed E-state index contributed by atoms with van der Waals surface area (Å²) in [5, 5.41) is 15.6. The standard InChI is InChI=1S/C24H21ClN6OS/c1-14-9-21(33-13-14)30-24(32)29-20-8-7-18-11-16(20)6-5-15-3-2-4-17(10-15)28-23-26-12-19(25)22(27-18)31-23/h2-4,7-13H,5-6H2,1H3,(H2,29,30,32)(H2,26,27,28,31). The second-order valence-corrected chi connectivity index (χ2v) is 9.10. The largest absolute Gasteiger partial charge is 0.339 e. The van der Waals surface area contributed by atoms with E-state index in [4.69, 9.17) is 11.6 Å². The van der Waals surface area contributed by atoms with Crippen molar-refractivity contribution in [2.24, 2.45) is 0 Å². The maximum absolute atomic E-state index is 12.6. The van der Waals surface area contributed by atoms with Crippen molar-refractivity contribution in [1.29, 1.82) is 0 Å². The van der Waals surface area contributed by atoms with E-state index in [1.54, 1.807) is 6.20 Å². The quantitative estimate of drug-likeness (QED) is 0.257. The highest BCUT2D eigenvalue weighted by molar-refractivity contribution is 7.14. The van der Waals surface area contributed by atoms with Crippen LogP contribution in [0.3, 0.4) is 0 Å². The Labute approximate surface area is 200 Å². The predicted octanol–water partition coefficient (Wildman–Crippen LogP) is 6.73. The second kappa shape index (κ2) is 9.09. The topological polar surface area (TPSA) is 91.0 Å². The van der Waals surface area contributed by atoms with Gasteiger partial charge < -0.3 is 16.0 Å². The number of hydrogen-bond acceptors (Lipinski definition) is 6. The Morgan fingerprint density at radius 2 is 1.94 bits per heavy atom. The maximum atomic E-state index is 12.6. The van der Waals surface area contributed by atoms with Crippen LogP contribution in [0.4, 0.5) is 38.6 Å².